The van der Waals surface area contributed by atoms with Crippen LogP contribution in [0.4, 0.5) is 0 Å². The molecule has 0 aromatic heterocycles. The van der Waals surface area contributed by atoms with E-state index in [-0.39, 0.29) is 6.04 Å². The predicted octanol–water partition coefficient (Wildman–Crippen LogP) is 3.69. The molecule has 0 amide bonds. The van der Waals surface area contributed by atoms with E-state index in [2.05, 4.69) is 52.8 Å². The van der Waals surface area contributed by atoms with E-state index in [0.29, 0.717) is 22.9 Å². The zero-order valence-electron chi connectivity index (χ0n) is 12.7. The van der Waals surface area contributed by atoms with Gasteiger partial charge in [0.2, 0.25) is 0 Å². The second kappa shape index (κ2) is 3.76. The second-order valence-electron chi connectivity index (χ2n) is 7.45. The average molecular weight is 259 g/mol. The van der Waals surface area contributed by atoms with Crippen molar-refractivity contribution in [3.63, 3.8) is 0 Å². The molecule has 2 atom stereocenters. The molecule has 1 heterocycles. The first-order valence-corrected chi connectivity index (χ1v) is 7.30. The van der Waals surface area contributed by atoms with Crippen LogP contribution in [-0.2, 0) is 6.42 Å². The Morgan fingerprint density at radius 1 is 1.21 bits per heavy atom. The zero-order chi connectivity index (χ0) is 14.0. The van der Waals surface area contributed by atoms with Crippen molar-refractivity contribution in [2.45, 2.75) is 53.2 Å². The van der Waals surface area contributed by atoms with Crippen LogP contribution < -0.4 is 10.5 Å². The summed E-state index contributed by atoms with van der Waals surface area (Å²) in [5.74, 6) is 1.59. The predicted molar refractivity (Wildman–Crippen MR) is 78.2 cm³/mol. The van der Waals surface area contributed by atoms with Gasteiger partial charge in [-0.05, 0) is 40.9 Å². The van der Waals surface area contributed by atoms with Gasteiger partial charge in [-0.15, -0.1) is 0 Å². The molecule has 1 aromatic rings. The monoisotopic (exact) mass is 259 g/mol. The maximum atomic E-state index is 6.54. The van der Waals surface area contributed by atoms with Gasteiger partial charge in [0.05, 0.1) is 0 Å². The van der Waals surface area contributed by atoms with Gasteiger partial charge in [0.15, 0.2) is 0 Å². The van der Waals surface area contributed by atoms with Crippen molar-refractivity contribution in [3.05, 3.63) is 29.3 Å². The summed E-state index contributed by atoms with van der Waals surface area (Å²) in [6, 6.07) is 6.63. The summed E-state index contributed by atoms with van der Waals surface area (Å²) in [5.41, 5.74) is 9.78. The molecule has 1 fully saturated rings. The maximum absolute atomic E-state index is 6.54. The van der Waals surface area contributed by atoms with Gasteiger partial charge in [-0.25, -0.2) is 0 Å². The second-order valence-corrected chi connectivity index (χ2v) is 7.45. The van der Waals surface area contributed by atoms with Gasteiger partial charge in [0.25, 0.3) is 0 Å². The number of fused-ring (bicyclic) bond motifs is 1. The lowest BCUT2D eigenvalue weighted by molar-refractivity contribution is 0.254. The van der Waals surface area contributed by atoms with Crippen LogP contribution in [0.2, 0.25) is 0 Å². The first-order valence-electron chi connectivity index (χ1n) is 7.30. The molecule has 1 aliphatic heterocycles. The Morgan fingerprint density at radius 2 is 1.84 bits per heavy atom. The van der Waals surface area contributed by atoms with E-state index >= 15 is 0 Å². The number of hydrogen-bond acceptors (Lipinski definition) is 2. The van der Waals surface area contributed by atoms with Crippen LogP contribution in [0, 0.1) is 16.7 Å². The largest absolute Gasteiger partial charge is 0.490 e. The van der Waals surface area contributed by atoms with Crippen LogP contribution in [0.25, 0.3) is 0 Å². The summed E-state index contributed by atoms with van der Waals surface area (Å²) in [5, 5.41) is 0. The van der Waals surface area contributed by atoms with Crippen molar-refractivity contribution in [2.75, 3.05) is 0 Å². The van der Waals surface area contributed by atoms with Crippen molar-refractivity contribution in [2.24, 2.45) is 22.5 Å². The van der Waals surface area contributed by atoms with Crippen LogP contribution >= 0.6 is 0 Å². The Labute approximate surface area is 116 Å². The fraction of sp³-hybridized carbons (Fsp3) is 0.647. The van der Waals surface area contributed by atoms with E-state index < -0.39 is 0 Å². The minimum atomic E-state index is 0.131. The molecule has 104 valence electrons. The van der Waals surface area contributed by atoms with Gasteiger partial charge in [-0.2, -0.15) is 0 Å². The molecule has 0 saturated heterocycles. The van der Waals surface area contributed by atoms with E-state index in [1.54, 1.807) is 0 Å². The molecule has 1 saturated carbocycles. The van der Waals surface area contributed by atoms with Crippen molar-refractivity contribution < 1.29 is 4.74 Å². The van der Waals surface area contributed by atoms with Crippen molar-refractivity contribution in [1.29, 1.82) is 0 Å². The van der Waals surface area contributed by atoms with Crippen LogP contribution in [0.3, 0.4) is 0 Å². The van der Waals surface area contributed by atoms with E-state index in [0.717, 1.165) is 12.2 Å². The third-order valence-electron chi connectivity index (χ3n) is 5.80. The van der Waals surface area contributed by atoms with Crippen molar-refractivity contribution in [3.8, 4) is 5.75 Å². The smallest absolute Gasteiger partial charge is 0.123 e. The fourth-order valence-corrected chi connectivity index (χ4v) is 3.99. The van der Waals surface area contributed by atoms with E-state index in [1.807, 2.05) is 0 Å². The standard InChI is InChI=1S/C17H25NO/c1-10-8-12-9-11(6-7-13(12)19-10)14(18)15-16(2,3)17(15,4)5/h6-7,9-10,14-15H,8,18H2,1-5H3. The molecule has 2 heteroatoms. The SMILES string of the molecule is CC1Cc2cc(C(N)C3C(C)(C)C3(C)C)ccc2O1. The Morgan fingerprint density at radius 3 is 2.42 bits per heavy atom. The normalized spacial score (nSPS) is 28.6. The number of nitrogens with two attached hydrogens (primary N) is 1. The summed E-state index contributed by atoms with van der Waals surface area (Å²) in [6.07, 6.45) is 1.31. The van der Waals surface area contributed by atoms with Crippen molar-refractivity contribution >= 4 is 0 Å². The molecular formula is C17H25NO. The third kappa shape index (κ3) is 1.73. The molecule has 2 unspecified atom stereocenters. The van der Waals surface area contributed by atoms with Crippen LogP contribution in [0.15, 0.2) is 18.2 Å². The lowest BCUT2D eigenvalue weighted by Gasteiger charge is -2.15. The van der Waals surface area contributed by atoms with Crippen molar-refractivity contribution in [1.82, 2.24) is 0 Å². The Hall–Kier alpha value is -1.02. The molecule has 0 radical (unpaired) electrons. The Balaban J connectivity index is 1.87. The molecule has 19 heavy (non-hydrogen) atoms. The highest BCUT2D eigenvalue weighted by Gasteiger charge is 2.66. The molecule has 0 bridgehead atoms. The quantitative estimate of drug-likeness (QED) is 0.879. The maximum Gasteiger partial charge on any atom is 0.123 e. The summed E-state index contributed by atoms with van der Waals surface area (Å²) in [4.78, 5) is 0. The molecular weight excluding hydrogens is 234 g/mol. The van der Waals surface area contributed by atoms with Gasteiger partial charge in [-0.1, -0.05) is 39.8 Å². The minimum absolute atomic E-state index is 0.131. The highest BCUT2D eigenvalue weighted by Crippen LogP contribution is 2.71. The third-order valence-corrected chi connectivity index (χ3v) is 5.80. The van der Waals surface area contributed by atoms with Gasteiger partial charge in [0.1, 0.15) is 11.9 Å². The highest BCUT2D eigenvalue weighted by atomic mass is 16.5. The summed E-state index contributed by atoms with van der Waals surface area (Å²) in [6.45, 7) is 11.4. The highest BCUT2D eigenvalue weighted by molar-refractivity contribution is 5.42. The molecule has 2 nitrogen and oxygen atoms in total. The number of ether oxygens (including phenoxy) is 1. The van der Waals surface area contributed by atoms with Gasteiger partial charge in [-0.3, -0.25) is 0 Å². The first-order chi connectivity index (χ1) is 8.75. The minimum Gasteiger partial charge on any atom is -0.490 e. The summed E-state index contributed by atoms with van der Waals surface area (Å²) >= 11 is 0. The van der Waals surface area contributed by atoms with Crippen LogP contribution in [-0.4, -0.2) is 6.10 Å². The summed E-state index contributed by atoms with van der Waals surface area (Å²) in [7, 11) is 0. The van der Waals surface area contributed by atoms with Crippen LogP contribution in [0.1, 0.15) is 51.8 Å². The zero-order valence-corrected chi connectivity index (χ0v) is 12.7. The number of hydrogen-bond donors (Lipinski definition) is 1. The lowest BCUT2D eigenvalue weighted by atomic mass is 9.95. The summed E-state index contributed by atoms with van der Waals surface area (Å²) < 4.78 is 5.76. The van der Waals surface area contributed by atoms with Gasteiger partial charge >= 0.3 is 0 Å². The fourth-order valence-electron chi connectivity index (χ4n) is 3.99. The Kier molecular flexibility index (Phi) is 2.57. The van der Waals surface area contributed by atoms with E-state index in [1.165, 1.54) is 11.1 Å². The Bertz CT molecular complexity index is 504. The number of benzene rings is 1. The van der Waals surface area contributed by atoms with Gasteiger partial charge in [0, 0.05) is 12.5 Å². The topological polar surface area (TPSA) is 35.2 Å². The molecule has 1 aromatic carbocycles. The molecule has 3 rings (SSSR count). The molecule has 1 aliphatic carbocycles. The molecule has 0 spiro atoms. The van der Waals surface area contributed by atoms with Gasteiger partial charge < -0.3 is 10.5 Å². The molecule has 2 N–H and O–H groups in total. The average Bonchev–Trinajstić information content (AvgIpc) is 2.58. The lowest BCUT2D eigenvalue weighted by Crippen LogP contribution is -2.16. The van der Waals surface area contributed by atoms with E-state index in [9.17, 15) is 0 Å². The van der Waals surface area contributed by atoms with Crippen LogP contribution in [0.5, 0.6) is 5.75 Å². The number of rotatable bonds is 2. The molecule has 2 aliphatic rings. The van der Waals surface area contributed by atoms with E-state index in [4.69, 9.17) is 10.5 Å². The first kappa shape index (κ1) is 13.0.